The summed E-state index contributed by atoms with van der Waals surface area (Å²) in [6.07, 6.45) is 4.24. The van der Waals surface area contributed by atoms with Crippen LogP contribution in [0, 0.1) is 6.92 Å². The van der Waals surface area contributed by atoms with Crippen LogP contribution >= 0.6 is 0 Å². The van der Waals surface area contributed by atoms with E-state index in [1.807, 2.05) is 33.0 Å². The molecule has 2 amide bonds. The van der Waals surface area contributed by atoms with Crippen LogP contribution in [0.15, 0.2) is 24.5 Å². The first-order valence-corrected chi connectivity index (χ1v) is 6.58. The van der Waals surface area contributed by atoms with Crippen LogP contribution in [0.25, 0.3) is 0 Å². The maximum atomic E-state index is 11.9. The van der Waals surface area contributed by atoms with E-state index >= 15 is 0 Å². The summed E-state index contributed by atoms with van der Waals surface area (Å²) in [6, 6.07) is 3.50. The molecule has 6 nitrogen and oxygen atoms in total. The molecule has 2 heterocycles. The first-order valence-electron chi connectivity index (χ1n) is 6.58. The standard InChI is InChI=1S/C14H19N5O/c1-4-12-10(2)18-19(3)13(12)17-14(20)16-9-11-5-7-15-8-6-11/h5-8H,4,9H2,1-3H3,(H2,16,17,20). The lowest BCUT2D eigenvalue weighted by atomic mass is 10.2. The Balaban J connectivity index is 1.98. The van der Waals surface area contributed by atoms with Crippen molar-refractivity contribution in [3.05, 3.63) is 41.3 Å². The second-order valence-electron chi connectivity index (χ2n) is 4.55. The van der Waals surface area contributed by atoms with Gasteiger partial charge in [0.1, 0.15) is 5.82 Å². The summed E-state index contributed by atoms with van der Waals surface area (Å²) in [5.41, 5.74) is 3.01. The molecule has 0 unspecified atom stereocenters. The van der Waals surface area contributed by atoms with Gasteiger partial charge in [0, 0.05) is 31.5 Å². The smallest absolute Gasteiger partial charge is 0.320 e. The van der Waals surface area contributed by atoms with Crippen LogP contribution in [0.1, 0.15) is 23.7 Å². The van der Waals surface area contributed by atoms with E-state index in [2.05, 4.69) is 20.7 Å². The molecule has 2 aromatic rings. The summed E-state index contributed by atoms with van der Waals surface area (Å²) in [4.78, 5) is 15.9. The molecule has 106 valence electrons. The van der Waals surface area contributed by atoms with Crippen LogP contribution in [-0.2, 0) is 20.0 Å². The van der Waals surface area contributed by atoms with Gasteiger partial charge in [-0.3, -0.25) is 15.0 Å². The highest BCUT2D eigenvalue weighted by Crippen LogP contribution is 2.18. The van der Waals surface area contributed by atoms with Crippen LogP contribution in [0.2, 0.25) is 0 Å². The number of aryl methyl sites for hydroxylation is 2. The predicted molar refractivity (Wildman–Crippen MR) is 77.4 cm³/mol. The molecule has 2 rings (SSSR count). The van der Waals surface area contributed by atoms with Crippen molar-refractivity contribution in [1.82, 2.24) is 20.1 Å². The third-order valence-corrected chi connectivity index (χ3v) is 3.13. The summed E-state index contributed by atoms with van der Waals surface area (Å²) in [6.45, 7) is 4.45. The monoisotopic (exact) mass is 273 g/mol. The maximum Gasteiger partial charge on any atom is 0.320 e. The number of nitrogens with one attached hydrogen (secondary N) is 2. The number of nitrogens with zero attached hydrogens (tertiary/aromatic N) is 3. The van der Waals surface area contributed by atoms with Gasteiger partial charge in [-0.1, -0.05) is 6.92 Å². The van der Waals surface area contributed by atoms with Crippen molar-refractivity contribution in [2.75, 3.05) is 5.32 Å². The minimum Gasteiger partial charge on any atom is -0.334 e. The Bertz CT molecular complexity index is 591. The van der Waals surface area contributed by atoms with Gasteiger partial charge in [-0.25, -0.2) is 4.79 Å². The van der Waals surface area contributed by atoms with Gasteiger partial charge in [-0.05, 0) is 31.0 Å². The quantitative estimate of drug-likeness (QED) is 0.895. The van der Waals surface area contributed by atoms with Crippen molar-refractivity contribution < 1.29 is 4.79 Å². The Kier molecular flexibility index (Phi) is 4.34. The topological polar surface area (TPSA) is 71.8 Å². The molecule has 20 heavy (non-hydrogen) atoms. The number of carbonyl (C=O) groups is 1. The molecule has 2 aromatic heterocycles. The SMILES string of the molecule is CCc1c(C)nn(C)c1NC(=O)NCc1ccncc1. The Morgan fingerprint density at radius 2 is 2.05 bits per heavy atom. The fraction of sp³-hybridized carbons (Fsp3) is 0.357. The molecule has 0 bridgehead atoms. The van der Waals surface area contributed by atoms with E-state index in [1.165, 1.54) is 0 Å². The van der Waals surface area contributed by atoms with Gasteiger partial charge in [0.05, 0.1) is 5.69 Å². The summed E-state index contributed by atoms with van der Waals surface area (Å²) in [5, 5.41) is 9.99. The number of rotatable bonds is 4. The average molecular weight is 273 g/mol. The average Bonchev–Trinajstić information content (AvgIpc) is 2.71. The van der Waals surface area contributed by atoms with Crippen molar-refractivity contribution >= 4 is 11.8 Å². The lowest BCUT2D eigenvalue weighted by Crippen LogP contribution is -2.29. The Morgan fingerprint density at radius 1 is 1.35 bits per heavy atom. The van der Waals surface area contributed by atoms with Gasteiger partial charge in [-0.2, -0.15) is 5.10 Å². The predicted octanol–water partition coefficient (Wildman–Crippen LogP) is 2.01. The summed E-state index contributed by atoms with van der Waals surface area (Å²) < 4.78 is 1.69. The second kappa shape index (κ2) is 6.18. The van der Waals surface area contributed by atoms with Gasteiger partial charge >= 0.3 is 6.03 Å². The fourth-order valence-corrected chi connectivity index (χ4v) is 2.12. The third-order valence-electron chi connectivity index (χ3n) is 3.13. The molecular formula is C14H19N5O. The number of carbonyl (C=O) groups excluding carboxylic acids is 1. The van der Waals surface area contributed by atoms with Crippen LogP contribution in [0.3, 0.4) is 0 Å². The van der Waals surface area contributed by atoms with Crippen molar-refractivity contribution in [3.8, 4) is 0 Å². The molecule has 0 fully saturated rings. The van der Waals surface area contributed by atoms with Gasteiger partial charge < -0.3 is 5.32 Å². The molecule has 2 N–H and O–H groups in total. The highest BCUT2D eigenvalue weighted by atomic mass is 16.2. The molecule has 0 aromatic carbocycles. The summed E-state index contributed by atoms with van der Waals surface area (Å²) in [5.74, 6) is 0.747. The highest BCUT2D eigenvalue weighted by molar-refractivity contribution is 5.89. The zero-order valence-corrected chi connectivity index (χ0v) is 12.0. The second-order valence-corrected chi connectivity index (χ2v) is 4.55. The minimum atomic E-state index is -0.237. The number of urea groups is 1. The Morgan fingerprint density at radius 3 is 2.70 bits per heavy atom. The molecule has 0 spiro atoms. The normalized spacial score (nSPS) is 10.3. The number of anilines is 1. The zero-order chi connectivity index (χ0) is 14.5. The molecule has 0 atom stereocenters. The minimum absolute atomic E-state index is 0.237. The molecule has 0 aliphatic heterocycles. The number of hydrogen-bond donors (Lipinski definition) is 2. The van der Waals surface area contributed by atoms with Crippen molar-refractivity contribution in [2.45, 2.75) is 26.8 Å². The number of hydrogen-bond acceptors (Lipinski definition) is 3. The first kappa shape index (κ1) is 14.0. The number of aromatic nitrogens is 3. The summed E-state index contributed by atoms with van der Waals surface area (Å²) >= 11 is 0. The van der Waals surface area contributed by atoms with Crippen molar-refractivity contribution in [1.29, 1.82) is 0 Å². The van der Waals surface area contributed by atoms with Crippen molar-refractivity contribution in [2.24, 2.45) is 7.05 Å². The van der Waals surface area contributed by atoms with Crippen LogP contribution in [-0.4, -0.2) is 20.8 Å². The molecule has 0 aliphatic carbocycles. The van der Waals surface area contributed by atoms with Gasteiger partial charge in [0.2, 0.25) is 0 Å². The molecule has 0 saturated carbocycles. The highest BCUT2D eigenvalue weighted by Gasteiger charge is 2.13. The van der Waals surface area contributed by atoms with E-state index in [0.717, 1.165) is 29.1 Å². The molecule has 0 aliphatic rings. The third kappa shape index (κ3) is 3.14. The fourth-order valence-electron chi connectivity index (χ4n) is 2.12. The van der Waals surface area contributed by atoms with Crippen molar-refractivity contribution in [3.63, 3.8) is 0 Å². The summed E-state index contributed by atoms with van der Waals surface area (Å²) in [7, 11) is 1.82. The lowest BCUT2D eigenvalue weighted by molar-refractivity contribution is 0.251. The van der Waals surface area contributed by atoms with Gasteiger partial charge in [0.15, 0.2) is 0 Å². The maximum absolute atomic E-state index is 11.9. The Labute approximate surface area is 118 Å². The molecule has 0 radical (unpaired) electrons. The van der Waals surface area contributed by atoms with E-state index < -0.39 is 0 Å². The molecule has 0 saturated heterocycles. The zero-order valence-electron chi connectivity index (χ0n) is 12.0. The van der Waals surface area contributed by atoms with E-state index in [9.17, 15) is 4.79 Å². The molecule has 6 heteroatoms. The van der Waals surface area contributed by atoms with Crippen LogP contribution in [0.5, 0.6) is 0 Å². The van der Waals surface area contributed by atoms with E-state index in [4.69, 9.17) is 0 Å². The van der Waals surface area contributed by atoms with E-state index in [1.54, 1.807) is 17.1 Å². The van der Waals surface area contributed by atoms with Gasteiger partial charge in [0.25, 0.3) is 0 Å². The van der Waals surface area contributed by atoms with E-state index in [-0.39, 0.29) is 6.03 Å². The van der Waals surface area contributed by atoms with Crippen LogP contribution < -0.4 is 10.6 Å². The first-order chi connectivity index (χ1) is 9.61. The molecular weight excluding hydrogens is 254 g/mol. The lowest BCUT2D eigenvalue weighted by Gasteiger charge is -2.09. The number of amides is 2. The van der Waals surface area contributed by atoms with Gasteiger partial charge in [-0.15, -0.1) is 0 Å². The number of pyridine rings is 1. The van der Waals surface area contributed by atoms with E-state index in [0.29, 0.717) is 6.54 Å². The Hall–Kier alpha value is -2.37. The van der Waals surface area contributed by atoms with Crippen LogP contribution in [0.4, 0.5) is 10.6 Å². The largest absolute Gasteiger partial charge is 0.334 e.